The summed E-state index contributed by atoms with van der Waals surface area (Å²) in [6.07, 6.45) is 0.708. The van der Waals surface area contributed by atoms with E-state index in [0.717, 1.165) is 24.4 Å². The highest BCUT2D eigenvalue weighted by Crippen LogP contribution is 2.30. The first kappa shape index (κ1) is 18.7. The average molecular weight is 369 g/mol. The van der Waals surface area contributed by atoms with Gasteiger partial charge in [0.05, 0.1) is 14.2 Å². The minimum atomic E-state index is 0.650. The van der Waals surface area contributed by atoms with E-state index in [1.165, 1.54) is 0 Å². The molecule has 0 bridgehead atoms. The van der Waals surface area contributed by atoms with E-state index in [-0.39, 0.29) is 0 Å². The lowest BCUT2D eigenvalue weighted by Gasteiger charge is -2.10. The van der Waals surface area contributed by atoms with Crippen molar-refractivity contribution < 1.29 is 18.7 Å². The van der Waals surface area contributed by atoms with Crippen LogP contribution >= 0.6 is 0 Å². The second-order valence-electron chi connectivity index (χ2n) is 5.96. The molecule has 0 aliphatic rings. The Bertz CT molecular complexity index is 840. The number of aryl methyl sites for hydroxylation is 1. The van der Waals surface area contributed by atoms with Gasteiger partial charge in [0.25, 0.3) is 0 Å². The zero-order valence-electron chi connectivity index (χ0n) is 15.7. The van der Waals surface area contributed by atoms with E-state index in [4.69, 9.17) is 18.7 Å². The van der Waals surface area contributed by atoms with Crippen molar-refractivity contribution >= 4 is 0 Å². The number of hydrogen-bond acceptors (Lipinski definition) is 7. The summed E-state index contributed by atoms with van der Waals surface area (Å²) < 4.78 is 21.5. The van der Waals surface area contributed by atoms with Crippen molar-refractivity contribution in [1.29, 1.82) is 0 Å². The molecule has 27 heavy (non-hydrogen) atoms. The van der Waals surface area contributed by atoms with Crippen LogP contribution in [0.15, 0.2) is 47.0 Å². The first-order valence-corrected chi connectivity index (χ1v) is 8.66. The Balaban J connectivity index is 1.51. The minimum absolute atomic E-state index is 0.650. The highest BCUT2D eigenvalue weighted by atomic mass is 16.5. The van der Waals surface area contributed by atoms with Crippen molar-refractivity contribution in [2.75, 3.05) is 20.8 Å². The van der Waals surface area contributed by atoms with E-state index in [0.29, 0.717) is 35.4 Å². The fourth-order valence-corrected chi connectivity index (χ4v) is 2.52. The summed E-state index contributed by atoms with van der Waals surface area (Å²) >= 11 is 0. The maximum absolute atomic E-state index is 5.90. The van der Waals surface area contributed by atoms with E-state index in [1.807, 2.05) is 43.3 Å². The predicted octanol–water partition coefficient (Wildman–Crippen LogP) is 3.52. The van der Waals surface area contributed by atoms with Crippen LogP contribution in [-0.2, 0) is 13.0 Å². The molecule has 2 aromatic carbocycles. The first-order chi connectivity index (χ1) is 13.2. The lowest BCUT2D eigenvalue weighted by atomic mass is 10.2. The third-order valence-electron chi connectivity index (χ3n) is 3.90. The number of ether oxygens (including phenoxy) is 3. The molecule has 0 aliphatic heterocycles. The molecular formula is C20H23N3O4. The third kappa shape index (κ3) is 5.46. The summed E-state index contributed by atoms with van der Waals surface area (Å²) in [4.78, 5) is 4.18. The van der Waals surface area contributed by atoms with Gasteiger partial charge in [-0.05, 0) is 24.6 Å². The summed E-state index contributed by atoms with van der Waals surface area (Å²) in [5.41, 5.74) is 1.16. The molecule has 0 aliphatic carbocycles. The van der Waals surface area contributed by atoms with Crippen molar-refractivity contribution in [3.05, 3.63) is 59.7 Å². The monoisotopic (exact) mass is 369 g/mol. The van der Waals surface area contributed by atoms with Crippen LogP contribution in [0.4, 0.5) is 0 Å². The molecular weight excluding hydrogens is 346 g/mol. The molecule has 0 saturated carbocycles. The van der Waals surface area contributed by atoms with E-state index in [9.17, 15) is 0 Å². The van der Waals surface area contributed by atoms with Gasteiger partial charge in [0.1, 0.15) is 23.0 Å². The third-order valence-corrected chi connectivity index (χ3v) is 3.90. The number of rotatable bonds is 9. The van der Waals surface area contributed by atoms with Crippen LogP contribution in [0.3, 0.4) is 0 Å². The molecule has 0 saturated heterocycles. The Kier molecular flexibility index (Phi) is 6.27. The van der Waals surface area contributed by atoms with Gasteiger partial charge in [-0.1, -0.05) is 17.3 Å². The van der Waals surface area contributed by atoms with Crippen molar-refractivity contribution in [3.63, 3.8) is 0 Å². The van der Waals surface area contributed by atoms with Crippen LogP contribution in [0.2, 0.25) is 0 Å². The van der Waals surface area contributed by atoms with Gasteiger partial charge in [-0.2, -0.15) is 4.98 Å². The SMILES string of the molecule is COc1cc(OC)cc(Oc2ccc(CNCCc3nc(C)no3)cc2)c1. The molecule has 1 aromatic heterocycles. The summed E-state index contributed by atoms with van der Waals surface area (Å²) in [5.74, 6) is 4.08. The number of methoxy groups -OCH3 is 2. The molecule has 1 N–H and O–H groups in total. The largest absolute Gasteiger partial charge is 0.496 e. The molecule has 7 nitrogen and oxygen atoms in total. The summed E-state index contributed by atoms with van der Waals surface area (Å²) in [7, 11) is 3.22. The minimum Gasteiger partial charge on any atom is -0.496 e. The van der Waals surface area contributed by atoms with Gasteiger partial charge in [0.15, 0.2) is 5.82 Å². The highest BCUT2D eigenvalue weighted by molar-refractivity contribution is 5.44. The lowest BCUT2D eigenvalue weighted by molar-refractivity contribution is 0.372. The second kappa shape index (κ2) is 9.05. The number of hydrogen-bond donors (Lipinski definition) is 1. The van der Waals surface area contributed by atoms with Gasteiger partial charge in [-0.3, -0.25) is 0 Å². The van der Waals surface area contributed by atoms with E-state index >= 15 is 0 Å². The smallest absolute Gasteiger partial charge is 0.227 e. The standard InChI is InChI=1S/C20H23N3O4/c1-14-22-20(27-23-14)8-9-21-13-15-4-6-16(7-5-15)26-19-11-17(24-2)10-18(12-19)25-3/h4-7,10-12,21H,8-9,13H2,1-3H3. The Labute approximate surface area is 158 Å². The molecule has 0 unspecified atom stereocenters. The van der Waals surface area contributed by atoms with Gasteiger partial charge >= 0.3 is 0 Å². The molecule has 0 amide bonds. The fourth-order valence-electron chi connectivity index (χ4n) is 2.52. The Morgan fingerprint density at radius 3 is 2.19 bits per heavy atom. The lowest BCUT2D eigenvalue weighted by Crippen LogP contribution is -2.16. The zero-order chi connectivity index (χ0) is 19.1. The number of benzene rings is 2. The summed E-state index contributed by atoms with van der Waals surface area (Å²) in [5, 5.41) is 7.13. The normalized spacial score (nSPS) is 10.6. The van der Waals surface area contributed by atoms with Crippen molar-refractivity contribution in [3.8, 4) is 23.0 Å². The quantitative estimate of drug-likeness (QED) is 0.578. The number of aromatic nitrogens is 2. The van der Waals surface area contributed by atoms with Crippen LogP contribution in [0, 0.1) is 6.92 Å². The Morgan fingerprint density at radius 2 is 1.59 bits per heavy atom. The number of nitrogens with zero attached hydrogens (tertiary/aromatic N) is 2. The second-order valence-corrected chi connectivity index (χ2v) is 5.96. The molecule has 7 heteroatoms. The van der Waals surface area contributed by atoms with Crippen LogP contribution in [0.1, 0.15) is 17.3 Å². The number of nitrogens with one attached hydrogen (secondary N) is 1. The van der Waals surface area contributed by atoms with Gasteiger partial charge in [-0.15, -0.1) is 0 Å². The molecule has 3 rings (SSSR count). The van der Waals surface area contributed by atoms with Gasteiger partial charge < -0.3 is 24.1 Å². The predicted molar refractivity (Wildman–Crippen MR) is 101 cm³/mol. The van der Waals surface area contributed by atoms with E-state index < -0.39 is 0 Å². The van der Waals surface area contributed by atoms with Crippen molar-refractivity contribution in [2.45, 2.75) is 19.9 Å². The highest BCUT2D eigenvalue weighted by Gasteiger charge is 2.05. The van der Waals surface area contributed by atoms with Crippen LogP contribution in [0.5, 0.6) is 23.0 Å². The zero-order valence-corrected chi connectivity index (χ0v) is 15.7. The molecule has 0 radical (unpaired) electrons. The molecule has 142 valence electrons. The fraction of sp³-hybridized carbons (Fsp3) is 0.300. The Morgan fingerprint density at radius 1 is 0.926 bits per heavy atom. The van der Waals surface area contributed by atoms with Crippen LogP contribution in [-0.4, -0.2) is 30.9 Å². The molecule has 0 atom stereocenters. The molecule has 0 fully saturated rings. The Hall–Kier alpha value is -3.06. The van der Waals surface area contributed by atoms with Crippen molar-refractivity contribution in [2.24, 2.45) is 0 Å². The van der Waals surface area contributed by atoms with Gasteiger partial charge in [0.2, 0.25) is 5.89 Å². The van der Waals surface area contributed by atoms with Crippen LogP contribution in [0.25, 0.3) is 0 Å². The van der Waals surface area contributed by atoms with E-state index in [2.05, 4.69) is 15.5 Å². The average Bonchev–Trinajstić information content (AvgIpc) is 3.11. The molecule has 3 aromatic rings. The molecule has 1 heterocycles. The summed E-state index contributed by atoms with van der Waals surface area (Å²) in [6.45, 7) is 3.33. The first-order valence-electron chi connectivity index (χ1n) is 8.66. The van der Waals surface area contributed by atoms with Crippen molar-refractivity contribution in [1.82, 2.24) is 15.5 Å². The van der Waals surface area contributed by atoms with Gasteiger partial charge in [0, 0.05) is 37.7 Å². The van der Waals surface area contributed by atoms with Crippen LogP contribution < -0.4 is 19.5 Å². The molecule has 0 spiro atoms. The topological polar surface area (TPSA) is 78.6 Å². The van der Waals surface area contributed by atoms with E-state index in [1.54, 1.807) is 20.3 Å². The maximum atomic E-state index is 5.90. The van der Waals surface area contributed by atoms with Gasteiger partial charge in [-0.25, -0.2) is 0 Å². The maximum Gasteiger partial charge on any atom is 0.227 e. The summed E-state index contributed by atoms with van der Waals surface area (Å²) in [6, 6.07) is 13.4.